The molecule has 160 valence electrons. The molecule has 0 bridgehead atoms. The van der Waals surface area contributed by atoms with Crippen molar-refractivity contribution in [1.82, 2.24) is 4.57 Å². The molecule has 2 aromatic heterocycles. The van der Waals surface area contributed by atoms with Crippen LogP contribution in [0.25, 0.3) is 27.8 Å². The smallest absolute Gasteiger partial charge is 0.408 e. The molecule has 0 atom stereocenters. The second kappa shape index (κ2) is 9.18. The Morgan fingerprint density at radius 2 is 1.41 bits per heavy atom. The summed E-state index contributed by atoms with van der Waals surface area (Å²) in [4.78, 5) is 1.26. The van der Waals surface area contributed by atoms with Gasteiger partial charge in [0.25, 0.3) is 0 Å². The highest BCUT2D eigenvalue weighted by Gasteiger charge is 2.22. The zero-order chi connectivity index (χ0) is 21.4. The number of hydrogen-bond donors (Lipinski definition) is 0. The predicted molar refractivity (Wildman–Crippen MR) is 128 cm³/mol. The lowest BCUT2D eigenvalue weighted by Gasteiger charge is -2.11. The fourth-order valence-corrected chi connectivity index (χ4v) is 4.78. The number of benzene rings is 3. The van der Waals surface area contributed by atoms with Crippen molar-refractivity contribution in [3.05, 3.63) is 95.5 Å². The second-order valence-corrected chi connectivity index (χ2v) is 8.72. The van der Waals surface area contributed by atoms with Crippen molar-refractivity contribution >= 4 is 33.1 Å². The minimum Gasteiger partial charge on any atom is -1.00 e. The van der Waals surface area contributed by atoms with Gasteiger partial charge in [-0.15, -0.1) is 0 Å². The van der Waals surface area contributed by atoms with E-state index in [0.717, 1.165) is 38.7 Å². The molecule has 0 spiro atoms. The summed E-state index contributed by atoms with van der Waals surface area (Å²) in [5.41, 5.74) is 6.48. The van der Waals surface area contributed by atoms with E-state index in [-0.39, 0.29) is 17.0 Å². The van der Waals surface area contributed by atoms with Crippen LogP contribution in [0.5, 0.6) is 0 Å². The summed E-state index contributed by atoms with van der Waals surface area (Å²) < 4.78 is 4.38. The molecule has 32 heavy (non-hydrogen) atoms. The zero-order valence-corrected chi connectivity index (χ0v) is 20.6. The van der Waals surface area contributed by atoms with E-state index in [4.69, 9.17) is 10.2 Å². The largest absolute Gasteiger partial charge is 1.00 e. The van der Waals surface area contributed by atoms with Crippen molar-refractivity contribution in [3.8, 4) is 16.9 Å². The van der Waals surface area contributed by atoms with Crippen molar-refractivity contribution in [2.45, 2.75) is 13.8 Å². The van der Waals surface area contributed by atoms with Gasteiger partial charge in [-0.25, -0.2) is 4.57 Å². The molecule has 0 N–H and O–H groups in total. The van der Waals surface area contributed by atoms with Crippen LogP contribution in [0.3, 0.4) is 0 Å². The van der Waals surface area contributed by atoms with E-state index >= 15 is 0 Å². The number of fused-ring (bicyclic) bond motifs is 1. The Labute approximate surface area is 202 Å². The lowest BCUT2D eigenvalue weighted by Crippen LogP contribution is -3.00. The van der Waals surface area contributed by atoms with E-state index in [9.17, 15) is 0 Å². The normalized spacial score (nSPS) is 11.2. The van der Waals surface area contributed by atoms with Gasteiger partial charge < -0.3 is 21.5 Å². The van der Waals surface area contributed by atoms with Crippen LogP contribution in [0.15, 0.2) is 95.2 Å². The molecule has 6 heteroatoms. The number of nitrogens with zero attached hydrogens (tertiary/aromatic N) is 4. The van der Waals surface area contributed by atoms with Gasteiger partial charge in [-0.1, -0.05) is 66.7 Å². The molecule has 0 amide bonds. The minimum absolute atomic E-state index is 0. The maximum Gasteiger partial charge on any atom is 0.408 e. The Hall–Kier alpha value is -3.09. The molecule has 2 heterocycles. The van der Waals surface area contributed by atoms with Gasteiger partial charge in [0.1, 0.15) is 11.4 Å². The number of thiazole rings is 1. The molecule has 3 aromatic carbocycles. The topological polar surface area (TPSA) is 33.5 Å². The molecule has 4 nitrogen and oxygen atoms in total. The van der Waals surface area contributed by atoms with Gasteiger partial charge in [-0.3, -0.25) is 0 Å². The summed E-state index contributed by atoms with van der Waals surface area (Å²) in [6, 6.07) is 29.3. The number of azo groups is 1. The van der Waals surface area contributed by atoms with Crippen molar-refractivity contribution in [2.24, 2.45) is 17.3 Å². The van der Waals surface area contributed by atoms with Gasteiger partial charge in [0.2, 0.25) is 0 Å². The Morgan fingerprint density at radius 1 is 0.781 bits per heavy atom. The Kier molecular flexibility index (Phi) is 6.35. The van der Waals surface area contributed by atoms with Crippen molar-refractivity contribution in [2.75, 3.05) is 0 Å². The van der Waals surface area contributed by atoms with Crippen LogP contribution in [0, 0.1) is 13.8 Å². The summed E-state index contributed by atoms with van der Waals surface area (Å²) in [6.45, 7) is 4.23. The van der Waals surface area contributed by atoms with Crippen molar-refractivity contribution in [3.63, 3.8) is 0 Å². The van der Waals surface area contributed by atoms with E-state index in [2.05, 4.69) is 95.8 Å². The molecule has 0 aliphatic rings. The molecule has 0 aliphatic carbocycles. The van der Waals surface area contributed by atoms with Gasteiger partial charge in [0.05, 0.1) is 28.2 Å². The third-order valence-electron chi connectivity index (χ3n) is 5.69. The first-order valence-corrected chi connectivity index (χ1v) is 11.1. The Bertz CT molecular complexity index is 1400. The molecule has 0 saturated carbocycles. The number of para-hydroxylation sites is 2. The minimum atomic E-state index is 0. The fourth-order valence-electron chi connectivity index (χ4n) is 3.87. The van der Waals surface area contributed by atoms with Gasteiger partial charge in [0, 0.05) is 16.6 Å². The van der Waals surface area contributed by atoms with Crippen LogP contribution < -0.4 is 21.5 Å². The number of aryl methyl sites for hydroxylation is 1. The zero-order valence-electron chi connectivity index (χ0n) is 18.2. The summed E-state index contributed by atoms with van der Waals surface area (Å²) in [5, 5.41) is 11.5. The summed E-state index contributed by atoms with van der Waals surface area (Å²) in [7, 11) is 2.04. The van der Waals surface area contributed by atoms with Crippen molar-refractivity contribution < 1.29 is 21.5 Å². The van der Waals surface area contributed by atoms with Gasteiger partial charge in [0.15, 0.2) is 0 Å². The van der Waals surface area contributed by atoms with Crippen LogP contribution >= 0.6 is 11.3 Å². The summed E-state index contributed by atoms with van der Waals surface area (Å²) >= 11 is 1.67. The van der Waals surface area contributed by atoms with Crippen LogP contribution in [0.1, 0.15) is 10.6 Å². The third-order valence-corrected chi connectivity index (χ3v) is 6.83. The van der Waals surface area contributed by atoms with Gasteiger partial charge >= 0.3 is 5.13 Å². The van der Waals surface area contributed by atoms with E-state index in [0.29, 0.717) is 0 Å². The molecular weight excluding hydrogens is 480 g/mol. The second-order valence-electron chi connectivity index (χ2n) is 7.54. The van der Waals surface area contributed by atoms with E-state index < -0.39 is 0 Å². The molecule has 0 saturated heterocycles. The monoisotopic (exact) mass is 502 g/mol. The SMILES string of the molecule is Cc1sc(N=Nc2c(-c3ccccc3)n(-c3ccccc3)c3ccccc23)[n+](C)c1C.[Br-]. The quantitative estimate of drug-likeness (QED) is 0.260. The molecular formula is C26H23BrN4S. The summed E-state index contributed by atoms with van der Waals surface area (Å²) in [6.07, 6.45) is 0. The van der Waals surface area contributed by atoms with Crippen LogP contribution in [0.2, 0.25) is 0 Å². The molecule has 0 radical (unpaired) electrons. The first-order valence-electron chi connectivity index (χ1n) is 10.3. The standard InChI is InChI=1S/C26H23N4S.BrH/c1-18-19(2)31-26(29(18)3)28-27-24-22-16-10-11-17-23(22)30(21-14-8-5-9-15-21)25(24)20-12-6-4-7-13-20;/h4-17H,1-3H3;1H/q+1;/p-1. The molecule has 0 unspecified atom stereocenters. The first kappa shape index (κ1) is 22.1. The lowest BCUT2D eigenvalue weighted by molar-refractivity contribution is -0.660. The van der Waals surface area contributed by atoms with E-state index in [1.54, 1.807) is 11.3 Å². The highest BCUT2D eigenvalue weighted by atomic mass is 79.9. The lowest BCUT2D eigenvalue weighted by atomic mass is 10.1. The highest BCUT2D eigenvalue weighted by molar-refractivity contribution is 7.14. The number of halogens is 1. The Morgan fingerprint density at radius 3 is 2.06 bits per heavy atom. The highest BCUT2D eigenvalue weighted by Crippen LogP contribution is 2.42. The van der Waals surface area contributed by atoms with Crippen LogP contribution in [0.4, 0.5) is 10.8 Å². The molecule has 5 rings (SSSR count). The molecule has 0 fully saturated rings. The predicted octanol–water partition coefficient (Wildman–Crippen LogP) is 4.22. The maximum atomic E-state index is 4.84. The number of rotatable bonds is 4. The van der Waals surface area contributed by atoms with Crippen molar-refractivity contribution in [1.29, 1.82) is 0 Å². The Balaban J connectivity index is 0.00000245. The third kappa shape index (κ3) is 3.80. The van der Waals surface area contributed by atoms with Gasteiger partial charge in [-0.05, 0) is 48.5 Å². The first-order chi connectivity index (χ1) is 15.1. The average Bonchev–Trinajstić information content (AvgIpc) is 3.28. The van der Waals surface area contributed by atoms with E-state index in [1.165, 1.54) is 10.6 Å². The van der Waals surface area contributed by atoms with Crippen LogP contribution in [-0.2, 0) is 7.05 Å². The molecule has 5 aromatic rings. The average molecular weight is 503 g/mol. The molecule has 0 aliphatic heterocycles. The van der Waals surface area contributed by atoms with E-state index in [1.807, 2.05) is 19.2 Å². The van der Waals surface area contributed by atoms with Crippen LogP contribution in [-0.4, -0.2) is 4.57 Å². The van der Waals surface area contributed by atoms with Gasteiger partial charge in [-0.2, -0.15) is 0 Å². The fraction of sp³-hybridized carbons (Fsp3) is 0.115. The number of hydrogen-bond acceptors (Lipinski definition) is 3. The maximum absolute atomic E-state index is 4.84. The number of aromatic nitrogens is 2. The summed E-state index contributed by atoms with van der Waals surface area (Å²) in [5.74, 6) is 0.